The van der Waals surface area contributed by atoms with Gasteiger partial charge >= 0.3 is 86.9 Å². The van der Waals surface area contributed by atoms with Crippen LogP contribution in [-0.4, -0.2) is 20.7 Å². The maximum absolute atomic E-state index is 11.4. The van der Waals surface area contributed by atoms with E-state index in [0.717, 1.165) is 12.8 Å². The van der Waals surface area contributed by atoms with E-state index in [-0.39, 0.29) is 5.41 Å². The quantitative estimate of drug-likeness (QED) is 0.600. The molecule has 0 aromatic rings. The molecule has 0 amide bonds. The second kappa shape index (κ2) is 4.43. The molecule has 1 nitrogen and oxygen atoms in total. The Morgan fingerprint density at radius 2 is 2.00 bits per heavy atom. The van der Waals surface area contributed by atoms with Crippen LogP contribution >= 0.6 is 0 Å². The number of allylic oxidation sites excluding steroid dienone is 2. The molecule has 0 saturated carbocycles. The molecule has 2 heteroatoms. The molecule has 0 aliphatic carbocycles. The van der Waals surface area contributed by atoms with Crippen LogP contribution in [0.3, 0.4) is 0 Å². The van der Waals surface area contributed by atoms with Gasteiger partial charge in [-0.3, -0.25) is 0 Å². The Morgan fingerprint density at radius 3 is 2.62 bits per heavy atom. The number of hydrogen-bond acceptors (Lipinski definition) is 1. The van der Waals surface area contributed by atoms with Gasteiger partial charge in [0.1, 0.15) is 0 Å². The average Bonchev–Trinajstić information content (AvgIpc) is 1.94. The van der Waals surface area contributed by atoms with Gasteiger partial charge in [0.05, 0.1) is 0 Å². The molecule has 0 atom stereocenters. The van der Waals surface area contributed by atoms with Crippen LogP contribution in [-0.2, 0) is 4.79 Å². The molecular weight excluding hydrogens is 227 g/mol. The van der Waals surface area contributed by atoms with Crippen molar-refractivity contribution in [2.24, 2.45) is 5.41 Å². The molecule has 13 heavy (non-hydrogen) atoms. The number of hydrogen-bond donors (Lipinski definition) is 0. The zero-order valence-electron chi connectivity index (χ0n) is 8.72. The van der Waals surface area contributed by atoms with Gasteiger partial charge in [-0.15, -0.1) is 0 Å². The number of carbonyl (C=O) groups excluding carboxylic acids is 1. The fourth-order valence-corrected chi connectivity index (χ4v) is 3.83. The molecule has 1 rings (SSSR count). The van der Waals surface area contributed by atoms with Crippen molar-refractivity contribution in [1.29, 1.82) is 0 Å². The van der Waals surface area contributed by atoms with Crippen LogP contribution < -0.4 is 0 Å². The first-order valence-electron chi connectivity index (χ1n) is 4.88. The second-order valence-corrected chi connectivity index (χ2v) is 6.92. The molecule has 1 aliphatic heterocycles. The Morgan fingerprint density at radius 1 is 1.31 bits per heavy atom. The van der Waals surface area contributed by atoms with Crippen molar-refractivity contribution in [2.75, 3.05) is 0 Å². The van der Waals surface area contributed by atoms with E-state index >= 15 is 0 Å². The maximum atomic E-state index is 11.4. The Bertz CT molecular complexity index is 223. The summed E-state index contributed by atoms with van der Waals surface area (Å²) in [6, 6.07) is 0. The molecule has 0 bridgehead atoms. The third-order valence-corrected chi connectivity index (χ3v) is 5.32. The summed E-state index contributed by atoms with van der Waals surface area (Å²) in [5.74, 6) is 0.339. The molecular formula is C11H18OSe. The fraction of sp³-hybridized carbons (Fsp3) is 0.727. The summed E-state index contributed by atoms with van der Waals surface area (Å²) in [5, 5.41) is 1.31. The molecule has 0 fully saturated rings. The third-order valence-electron chi connectivity index (χ3n) is 2.11. The van der Waals surface area contributed by atoms with Crippen molar-refractivity contribution in [3.05, 3.63) is 10.5 Å². The second-order valence-electron chi connectivity index (χ2n) is 4.53. The summed E-state index contributed by atoms with van der Waals surface area (Å²) in [6.07, 6.45) is 5.00. The molecule has 1 heterocycles. The van der Waals surface area contributed by atoms with Gasteiger partial charge in [0.25, 0.3) is 0 Å². The van der Waals surface area contributed by atoms with Gasteiger partial charge in [-0.25, -0.2) is 0 Å². The van der Waals surface area contributed by atoms with Gasteiger partial charge < -0.3 is 0 Å². The van der Waals surface area contributed by atoms with E-state index in [1.807, 2.05) is 6.08 Å². The van der Waals surface area contributed by atoms with Gasteiger partial charge in [-0.05, 0) is 0 Å². The van der Waals surface area contributed by atoms with Crippen molar-refractivity contribution >= 4 is 20.7 Å². The van der Waals surface area contributed by atoms with Gasteiger partial charge in [0.15, 0.2) is 0 Å². The summed E-state index contributed by atoms with van der Waals surface area (Å²) in [7, 11) is 0. The minimum absolute atomic E-state index is 0.201. The van der Waals surface area contributed by atoms with Gasteiger partial charge in [-0.2, -0.15) is 0 Å². The SMILES string of the molecule is CC(C)(C)/C1=C/C(=O)CCCC[Se]1. The van der Waals surface area contributed by atoms with Crippen molar-refractivity contribution in [3.63, 3.8) is 0 Å². The molecule has 0 radical (unpaired) electrons. The normalized spacial score (nSPS) is 24.5. The van der Waals surface area contributed by atoms with Gasteiger partial charge in [0, 0.05) is 0 Å². The van der Waals surface area contributed by atoms with E-state index in [9.17, 15) is 4.79 Å². The standard InChI is InChI=1S/C11H18OSe/c1-11(2,3)10-8-9(12)6-4-5-7-13-10/h8H,4-7H2,1-3H3/b10-8-. The van der Waals surface area contributed by atoms with Gasteiger partial charge in [-0.1, -0.05) is 0 Å². The van der Waals surface area contributed by atoms with Crippen LogP contribution in [0.25, 0.3) is 0 Å². The van der Waals surface area contributed by atoms with Crippen LogP contribution in [0.4, 0.5) is 0 Å². The average molecular weight is 245 g/mol. The molecule has 0 saturated heterocycles. The van der Waals surface area contributed by atoms with Crippen LogP contribution in [0, 0.1) is 5.41 Å². The predicted molar refractivity (Wildman–Crippen MR) is 57.0 cm³/mol. The van der Waals surface area contributed by atoms with Crippen molar-refractivity contribution in [1.82, 2.24) is 0 Å². The van der Waals surface area contributed by atoms with Crippen molar-refractivity contribution < 1.29 is 4.79 Å². The summed E-state index contributed by atoms with van der Waals surface area (Å²) >= 11 is 0.550. The Kier molecular flexibility index (Phi) is 3.75. The molecule has 0 spiro atoms. The van der Waals surface area contributed by atoms with Crippen LogP contribution in [0.1, 0.15) is 40.0 Å². The molecule has 74 valence electrons. The molecule has 1 aliphatic rings. The summed E-state index contributed by atoms with van der Waals surface area (Å²) < 4.78 is 1.39. The summed E-state index contributed by atoms with van der Waals surface area (Å²) in [5.41, 5.74) is 0.201. The van der Waals surface area contributed by atoms with E-state index in [1.165, 1.54) is 16.2 Å². The zero-order chi connectivity index (χ0) is 9.90. The first-order chi connectivity index (χ1) is 6.00. The van der Waals surface area contributed by atoms with E-state index < -0.39 is 0 Å². The Balaban J connectivity index is 2.78. The van der Waals surface area contributed by atoms with Crippen LogP contribution in [0.2, 0.25) is 5.32 Å². The van der Waals surface area contributed by atoms with E-state index in [2.05, 4.69) is 20.8 Å². The van der Waals surface area contributed by atoms with E-state index in [0.29, 0.717) is 20.7 Å². The monoisotopic (exact) mass is 246 g/mol. The molecule has 0 N–H and O–H groups in total. The van der Waals surface area contributed by atoms with E-state index in [1.54, 1.807) is 0 Å². The number of rotatable bonds is 0. The Labute approximate surface area is 87.1 Å². The van der Waals surface area contributed by atoms with E-state index in [4.69, 9.17) is 0 Å². The van der Waals surface area contributed by atoms with Crippen LogP contribution in [0.15, 0.2) is 10.5 Å². The molecule has 0 unspecified atom stereocenters. The molecule has 0 aromatic heterocycles. The van der Waals surface area contributed by atoms with Crippen LogP contribution in [0.5, 0.6) is 0 Å². The van der Waals surface area contributed by atoms with Crippen molar-refractivity contribution in [3.8, 4) is 0 Å². The number of ketones is 1. The topological polar surface area (TPSA) is 17.1 Å². The van der Waals surface area contributed by atoms with Crippen molar-refractivity contribution in [2.45, 2.75) is 45.4 Å². The fourth-order valence-electron chi connectivity index (χ4n) is 1.28. The first-order valence-corrected chi connectivity index (χ1v) is 6.95. The third kappa shape index (κ3) is 3.66. The Hall–Kier alpha value is -0.0705. The molecule has 0 aromatic carbocycles. The minimum atomic E-state index is 0.201. The summed E-state index contributed by atoms with van der Waals surface area (Å²) in [4.78, 5) is 11.4. The van der Waals surface area contributed by atoms with Gasteiger partial charge in [0.2, 0.25) is 0 Å². The zero-order valence-corrected chi connectivity index (χ0v) is 10.4. The first kappa shape index (κ1) is 11.0. The summed E-state index contributed by atoms with van der Waals surface area (Å²) in [6.45, 7) is 6.61. The predicted octanol–water partition coefficient (Wildman–Crippen LogP) is 2.79. The number of carbonyl (C=O) groups is 1.